The highest BCUT2D eigenvalue weighted by molar-refractivity contribution is 7.10. The molecule has 1 nitrogen and oxygen atoms in total. The van der Waals surface area contributed by atoms with Crippen molar-refractivity contribution in [2.24, 2.45) is 0 Å². The van der Waals surface area contributed by atoms with E-state index in [2.05, 4.69) is 0 Å². The summed E-state index contributed by atoms with van der Waals surface area (Å²) in [6.45, 7) is 1.90. The van der Waals surface area contributed by atoms with Gasteiger partial charge in [-0.25, -0.2) is 0 Å². The molecule has 1 aromatic heterocycles. The number of halogens is 1. The smallest absolute Gasteiger partial charge is 0.102 e. The van der Waals surface area contributed by atoms with E-state index in [9.17, 15) is 0 Å². The van der Waals surface area contributed by atoms with Gasteiger partial charge in [-0.2, -0.15) is 5.26 Å². The van der Waals surface area contributed by atoms with Crippen molar-refractivity contribution < 1.29 is 0 Å². The first kappa shape index (κ1) is 6.60. The third kappa shape index (κ3) is 1.07. The van der Waals surface area contributed by atoms with Crippen LogP contribution in [0.4, 0.5) is 0 Å². The second kappa shape index (κ2) is 2.38. The summed E-state index contributed by atoms with van der Waals surface area (Å²) in [5.74, 6) is 0. The molecule has 1 heterocycles. The Balaban J connectivity index is 3.24. The number of nitrogens with zero attached hydrogens (tertiary/aromatic N) is 1. The number of rotatable bonds is 0. The molecular formula is C6H4ClNS. The van der Waals surface area contributed by atoms with Gasteiger partial charge in [0.2, 0.25) is 0 Å². The summed E-state index contributed by atoms with van der Waals surface area (Å²) in [6.07, 6.45) is 0. The van der Waals surface area contributed by atoms with Gasteiger partial charge in [0.05, 0.1) is 10.6 Å². The lowest BCUT2D eigenvalue weighted by Crippen LogP contribution is -1.65. The average Bonchev–Trinajstić information content (AvgIpc) is 2.15. The number of nitriles is 1. The van der Waals surface area contributed by atoms with Crippen molar-refractivity contribution in [3.8, 4) is 6.07 Å². The second-order valence-electron chi connectivity index (χ2n) is 1.63. The van der Waals surface area contributed by atoms with Gasteiger partial charge in [0.1, 0.15) is 6.07 Å². The Bertz CT molecular complexity index is 259. The maximum absolute atomic E-state index is 8.40. The minimum absolute atomic E-state index is 0.583. The van der Waals surface area contributed by atoms with E-state index in [0.717, 1.165) is 4.88 Å². The van der Waals surface area contributed by atoms with E-state index < -0.39 is 0 Å². The van der Waals surface area contributed by atoms with Crippen LogP contribution >= 0.6 is 22.9 Å². The minimum atomic E-state index is 0.583. The molecular weight excluding hydrogens is 154 g/mol. The zero-order chi connectivity index (χ0) is 6.85. The van der Waals surface area contributed by atoms with Crippen molar-refractivity contribution >= 4 is 22.9 Å². The predicted octanol–water partition coefficient (Wildman–Crippen LogP) is 2.58. The van der Waals surface area contributed by atoms with Crippen molar-refractivity contribution in [3.05, 3.63) is 20.8 Å². The molecule has 9 heavy (non-hydrogen) atoms. The molecule has 0 unspecified atom stereocenters. The molecule has 0 bridgehead atoms. The topological polar surface area (TPSA) is 23.8 Å². The first-order chi connectivity index (χ1) is 4.25. The maximum atomic E-state index is 8.40. The zero-order valence-corrected chi connectivity index (χ0v) is 6.38. The van der Waals surface area contributed by atoms with Gasteiger partial charge in [-0.1, -0.05) is 11.6 Å². The Morgan fingerprint density at radius 1 is 1.78 bits per heavy atom. The molecule has 46 valence electrons. The van der Waals surface area contributed by atoms with Gasteiger partial charge in [0.15, 0.2) is 0 Å². The summed E-state index contributed by atoms with van der Waals surface area (Å²) in [4.78, 5) is 1.01. The summed E-state index contributed by atoms with van der Waals surface area (Å²) in [7, 11) is 0. The van der Waals surface area contributed by atoms with Crippen LogP contribution in [0.5, 0.6) is 0 Å². The average molecular weight is 158 g/mol. The van der Waals surface area contributed by atoms with E-state index in [4.69, 9.17) is 16.9 Å². The van der Waals surface area contributed by atoms with Gasteiger partial charge in [0, 0.05) is 10.3 Å². The highest BCUT2D eigenvalue weighted by Gasteiger charge is 2.02. The lowest BCUT2D eigenvalue weighted by molar-refractivity contribution is 1.50. The van der Waals surface area contributed by atoms with Gasteiger partial charge < -0.3 is 0 Å². The molecule has 0 aliphatic heterocycles. The van der Waals surface area contributed by atoms with E-state index in [-0.39, 0.29) is 0 Å². The monoisotopic (exact) mass is 157 g/mol. The molecule has 0 aliphatic carbocycles. The van der Waals surface area contributed by atoms with Crippen LogP contribution in [0, 0.1) is 18.3 Å². The first-order valence-corrected chi connectivity index (χ1v) is 3.65. The molecule has 0 amide bonds. The highest BCUT2D eigenvalue weighted by Crippen LogP contribution is 2.25. The first-order valence-electron chi connectivity index (χ1n) is 2.39. The molecule has 0 radical (unpaired) electrons. The molecule has 0 saturated heterocycles. The van der Waals surface area contributed by atoms with E-state index >= 15 is 0 Å². The lowest BCUT2D eigenvalue weighted by Gasteiger charge is -1.81. The van der Waals surface area contributed by atoms with E-state index in [1.165, 1.54) is 11.3 Å². The van der Waals surface area contributed by atoms with Gasteiger partial charge in [-0.15, -0.1) is 11.3 Å². The normalized spacial score (nSPS) is 9.00. The number of hydrogen-bond acceptors (Lipinski definition) is 2. The Labute approximate surface area is 62.5 Å². The van der Waals surface area contributed by atoms with Gasteiger partial charge in [0.25, 0.3) is 0 Å². The van der Waals surface area contributed by atoms with Crippen LogP contribution in [0.3, 0.4) is 0 Å². The van der Waals surface area contributed by atoms with Crippen molar-refractivity contribution in [3.63, 3.8) is 0 Å². The van der Waals surface area contributed by atoms with Crippen LogP contribution in [-0.4, -0.2) is 0 Å². The quantitative estimate of drug-likeness (QED) is 0.568. The largest absolute Gasteiger partial charge is 0.192 e. The minimum Gasteiger partial charge on any atom is -0.192 e. The maximum Gasteiger partial charge on any atom is 0.102 e. The van der Waals surface area contributed by atoms with Crippen LogP contribution in [0.2, 0.25) is 5.02 Å². The van der Waals surface area contributed by atoms with Gasteiger partial charge in [-0.05, 0) is 6.92 Å². The van der Waals surface area contributed by atoms with E-state index in [1.807, 2.05) is 13.0 Å². The summed E-state index contributed by atoms with van der Waals surface area (Å²) in [5.41, 5.74) is 0.583. The molecule has 0 N–H and O–H groups in total. The van der Waals surface area contributed by atoms with Crippen molar-refractivity contribution in [2.75, 3.05) is 0 Å². The molecule has 0 saturated carbocycles. The summed E-state index contributed by atoms with van der Waals surface area (Å²) >= 11 is 7.20. The Morgan fingerprint density at radius 3 is 2.67 bits per heavy atom. The molecule has 3 heteroatoms. The number of aryl methyl sites for hydroxylation is 1. The predicted molar refractivity (Wildman–Crippen MR) is 38.8 cm³/mol. The van der Waals surface area contributed by atoms with E-state index in [0.29, 0.717) is 10.6 Å². The van der Waals surface area contributed by atoms with E-state index in [1.54, 1.807) is 5.38 Å². The molecule has 0 spiro atoms. The standard InChI is InChI=1S/C6H4ClNS/c1-4-6(7)5(2-8)3-9-4/h3H,1H3. The second-order valence-corrected chi connectivity index (χ2v) is 3.09. The lowest BCUT2D eigenvalue weighted by atomic mass is 10.3. The summed E-state index contributed by atoms with van der Waals surface area (Å²) in [5, 5.41) is 10.8. The Hall–Kier alpha value is -0.520. The SMILES string of the molecule is Cc1scc(C#N)c1Cl. The van der Waals surface area contributed by atoms with Crippen LogP contribution in [-0.2, 0) is 0 Å². The van der Waals surface area contributed by atoms with Crippen LogP contribution in [0.1, 0.15) is 10.4 Å². The van der Waals surface area contributed by atoms with Crippen LogP contribution in [0.15, 0.2) is 5.38 Å². The van der Waals surface area contributed by atoms with Crippen molar-refractivity contribution in [2.45, 2.75) is 6.92 Å². The Morgan fingerprint density at radius 2 is 2.44 bits per heavy atom. The summed E-state index contributed by atoms with van der Waals surface area (Å²) < 4.78 is 0. The number of hydrogen-bond donors (Lipinski definition) is 0. The molecule has 1 aromatic rings. The number of thiophene rings is 1. The van der Waals surface area contributed by atoms with Crippen molar-refractivity contribution in [1.29, 1.82) is 5.26 Å². The molecule has 1 rings (SSSR count). The third-order valence-corrected chi connectivity index (χ3v) is 2.53. The third-order valence-electron chi connectivity index (χ3n) is 1.02. The fourth-order valence-corrected chi connectivity index (χ4v) is 1.49. The highest BCUT2D eigenvalue weighted by atomic mass is 35.5. The van der Waals surface area contributed by atoms with Gasteiger partial charge in [-0.3, -0.25) is 0 Å². The molecule has 0 aromatic carbocycles. The fraction of sp³-hybridized carbons (Fsp3) is 0.167. The summed E-state index contributed by atoms with van der Waals surface area (Å²) in [6, 6.07) is 1.99. The molecule has 0 aliphatic rings. The molecule has 0 fully saturated rings. The van der Waals surface area contributed by atoms with Crippen molar-refractivity contribution in [1.82, 2.24) is 0 Å². The van der Waals surface area contributed by atoms with Crippen LogP contribution < -0.4 is 0 Å². The van der Waals surface area contributed by atoms with Crippen LogP contribution in [0.25, 0.3) is 0 Å². The molecule has 0 atom stereocenters. The Kier molecular flexibility index (Phi) is 1.75. The zero-order valence-electron chi connectivity index (χ0n) is 4.81. The fourth-order valence-electron chi connectivity index (χ4n) is 0.516. The van der Waals surface area contributed by atoms with Gasteiger partial charge >= 0.3 is 0 Å².